The zero-order valence-corrected chi connectivity index (χ0v) is 34.4. The number of hydrogen-bond donors (Lipinski definition) is 4. The average molecular weight is 884 g/mol. The summed E-state index contributed by atoms with van der Waals surface area (Å²) in [6.07, 6.45) is 6.26. The fourth-order valence-electron chi connectivity index (χ4n) is 4.01. The Balaban J connectivity index is 0.000000840. The number of benzene rings is 2. The number of ether oxygens (including phenoxy) is 6. The highest BCUT2D eigenvalue weighted by molar-refractivity contribution is 6.21. The summed E-state index contributed by atoms with van der Waals surface area (Å²) in [6, 6.07) is 20.1. The van der Waals surface area contributed by atoms with E-state index in [4.69, 9.17) is 35.4 Å². The molecule has 24 heteroatoms. The molecule has 1 unspecified atom stereocenters. The van der Waals surface area contributed by atoms with Gasteiger partial charge in [-0.2, -0.15) is 10.3 Å². The summed E-state index contributed by atoms with van der Waals surface area (Å²) >= 11 is 0. The molecule has 0 aliphatic carbocycles. The topological polar surface area (TPSA) is 334 Å². The quantitative estimate of drug-likeness (QED) is 0.0676. The standard InChI is InChI=1S/C15H12N4O4.C12H14O6.C5H6N4.C5H3N3.2ClH.H3N/c1-22-9-5-2-3-6-10(9)23-11-14(20)18-13(19-15(11)21)12-16-7-4-8-17-12;1-15-8-6-4-5-7-9(8)18-10(11(13)16-2)12(14)17-3;6-4(7)5-8-2-1-3-9-5;6-4-5-7-2-1-3-8-5;;;/h2-8,11H,1H3,(H,18,19,20,21);4-7,10H,1-3H3;1-3H,(H3,6,7);1-3H;2*1H;1H3. The van der Waals surface area contributed by atoms with E-state index in [2.05, 4.69) is 49.7 Å². The fraction of sp³-hybridized carbons (Fsp3) is 0.162. The molecule has 0 fully saturated rings. The first-order valence-corrected chi connectivity index (χ1v) is 16.3. The maximum atomic E-state index is 12.2. The minimum Gasteiger partial charge on any atom is -0.493 e. The lowest BCUT2D eigenvalue weighted by Crippen LogP contribution is -2.50. The van der Waals surface area contributed by atoms with E-state index in [0.29, 0.717) is 11.5 Å². The second-order valence-corrected chi connectivity index (χ2v) is 10.4. The van der Waals surface area contributed by atoms with Gasteiger partial charge in [0.05, 0.1) is 28.4 Å². The molecular formula is C37H40Cl2N12O10. The molecule has 1 aliphatic heterocycles. The molecule has 7 N–H and O–H groups in total. The Morgan fingerprint density at radius 3 is 1.57 bits per heavy atom. The van der Waals surface area contributed by atoms with Crippen LogP contribution in [0.5, 0.6) is 23.0 Å². The van der Waals surface area contributed by atoms with Crippen LogP contribution in [0.15, 0.2) is 109 Å². The summed E-state index contributed by atoms with van der Waals surface area (Å²) in [4.78, 5) is 73.5. The van der Waals surface area contributed by atoms with Crippen LogP contribution in [0.3, 0.4) is 0 Å². The molecule has 3 aromatic heterocycles. The van der Waals surface area contributed by atoms with Gasteiger partial charge in [-0.15, -0.1) is 24.8 Å². The van der Waals surface area contributed by atoms with Crippen molar-refractivity contribution in [1.82, 2.24) is 41.4 Å². The molecule has 322 valence electrons. The highest BCUT2D eigenvalue weighted by Gasteiger charge is 2.36. The molecule has 6 rings (SSSR count). The highest BCUT2D eigenvalue weighted by atomic mass is 35.5. The molecule has 61 heavy (non-hydrogen) atoms. The third-order valence-electron chi connectivity index (χ3n) is 6.63. The normalized spacial score (nSPS) is 11.7. The number of nitrogens with two attached hydrogens (primary N) is 1. The summed E-state index contributed by atoms with van der Waals surface area (Å²) in [7, 11) is 5.23. The molecule has 5 aromatic rings. The highest BCUT2D eigenvalue weighted by Crippen LogP contribution is 2.28. The number of para-hydroxylation sites is 4. The van der Waals surface area contributed by atoms with Gasteiger partial charge in [-0.1, -0.05) is 24.3 Å². The molecule has 1 aliphatic rings. The van der Waals surface area contributed by atoms with Gasteiger partial charge in [0, 0.05) is 37.2 Å². The summed E-state index contributed by atoms with van der Waals surface area (Å²) in [6.45, 7) is 0. The van der Waals surface area contributed by atoms with Crippen molar-refractivity contribution in [2.24, 2.45) is 10.7 Å². The minimum atomic E-state index is -1.48. The molecule has 0 saturated carbocycles. The summed E-state index contributed by atoms with van der Waals surface area (Å²) in [5, 5.41) is 17.5. The Morgan fingerprint density at radius 1 is 0.721 bits per heavy atom. The Labute approximate surface area is 360 Å². The molecule has 0 spiro atoms. The van der Waals surface area contributed by atoms with Crippen LogP contribution in [0.25, 0.3) is 0 Å². The molecule has 0 bridgehead atoms. The zero-order valence-electron chi connectivity index (χ0n) is 32.7. The third kappa shape index (κ3) is 16.9. The molecule has 0 saturated heterocycles. The second-order valence-electron chi connectivity index (χ2n) is 10.4. The van der Waals surface area contributed by atoms with Crippen molar-refractivity contribution in [3.05, 3.63) is 121 Å². The monoisotopic (exact) mass is 882 g/mol. The molecular weight excluding hydrogens is 843 g/mol. The number of halogens is 2. The Morgan fingerprint density at radius 2 is 1.16 bits per heavy atom. The van der Waals surface area contributed by atoms with Crippen LogP contribution in [-0.4, -0.2) is 106 Å². The number of aliphatic imine (C=N–C) groups is 1. The number of methoxy groups -OCH3 is 4. The van der Waals surface area contributed by atoms with Crippen molar-refractivity contribution in [3.8, 4) is 29.1 Å². The van der Waals surface area contributed by atoms with Crippen LogP contribution < -0.4 is 36.1 Å². The van der Waals surface area contributed by atoms with Crippen LogP contribution in [0.1, 0.15) is 17.5 Å². The van der Waals surface area contributed by atoms with Crippen LogP contribution in [0.4, 0.5) is 0 Å². The largest absolute Gasteiger partial charge is 0.493 e. The van der Waals surface area contributed by atoms with E-state index in [-0.39, 0.29) is 71.6 Å². The van der Waals surface area contributed by atoms with Gasteiger partial charge in [0.2, 0.25) is 5.82 Å². The van der Waals surface area contributed by atoms with Gasteiger partial charge in [-0.05, 0) is 42.5 Å². The van der Waals surface area contributed by atoms with Crippen molar-refractivity contribution in [2.75, 3.05) is 28.4 Å². The first-order chi connectivity index (χ1) is 28.1. The van der Waals surface area contributed by atoms with E-state index in [1.54, 1.807) is 85.2 Å². The summed E-state index contributed by atoms with van der Waals surface area (Å²) in [5.74, 6) is -1.17. The lowest BCUT2D eigenvalue weighted by Gasteiger charge is -2.21. The first kappa shape index (κ1) is 53.1. The van der Waals surface area contributed by atoms with Crippen LogP contribution in [0.2, 0.25) is 0 Å². The SMILES string of the molecule is COC(=O)C(Oc1ccccc1OC)C(=O)OC.COc1ccccc1OC1C(=O)N=C(c2ncccn2)NC1=O.Cl.Cl.N.N#Cc1ncccn1.N=C(N)c1ncccn1. The Bertz CT molecular complexity index is 2210. The van der Waals surface area contributed by atoms with Crippen LogP contribution in [-0.2, 0) is 28.7 Å². The van der Waals surface area contributed by atoms with Gasteiger partial charge in [0.1, 0.15) is 6.07 Å². The number of amides is 2. The zero-order chi connectivity index (χ0) is 42.3. The number of nitriles is 1. The van der Waals surface area contributed by atoms with Gasteiger partial charge in [-0.3, -0.25) is 15.0 Å². The van der Waals surface area contributed by atoms with Gasteiger partial charge < -0.3 is 45.6 Å². The molecule has 2 amide bonds. The van der Waals surface area contributed by atoms with E-state index < -0.39 is 36.0 Å². The Hall–Kier alpha value is -7.87. The van der Waals surface area contributed by atoms with E-state index in [1.807, 2.05) is 0 Å². The lowest BCUT2D eigenvalue weighted by molar-refractivity contribution is -0.163. The number of nitrogen functional groups attached to an aromatic ring is 1. The summed E-state index contributed by atoms with van der Waals surface area (Å²) in [5.41, 5.74) is 5.07. The first-order valence-electron chi connectivity index (χ1n) is 16.3. The van der Waals surface area contributed by atoms with E-state index in [1.165, 1.54) is 39.0 Å². The minimum absolute atomic E-state index is 0. The number of nitrogens with zero attached hydrogens (tertiary/aromatic N) is 8. The van der Waals surface area contributed by atoms with Gasteiger partial charge in [-0.25, -0.2) is 39.5 Å². The lowest BCUT2D eigenvalue weighted by atomic mass is 10.2. The number of rotatable bonds is 10. The van der Waals surface area contributed by atoms with Crippen molar-refractivity contribution in [1.29, 1.82) is 10.7 Å². The van der Waals surface area contributed by atoms with Crippen molar-refractivity contribution in [3.63, 3.8) is 0 Å². The van der Waals surface area contributed by atoms with Crippen molar-refractivity contribution >= 4 is 60.2 Å². The number of carbonyl (C=O) groups is 4. The Kier molecular flexibility index (Phi) is 24.8. The number of amidine groups is 2. The van der Waals surface area contributed by atoms with E-state index in [9.17, 15) is 19.2 Å². The molecule has 2 aromatic carbocycles. The molecule has 0 radical (unpaired) electrons. The number of esters is 2. The number of hydrogen-bond acceptors (Lipinski definition) is 19. The van der Waals surface area contributed by atoms with E-state index in [0.717, 1.165) is 14.2 Å². The third-order valence-corrected chi connectivity index (χ3v) is 6.63. The van der Waals surface area contributed by atoms with Gasteiger partial charge in [0.15, 0.2) is 46.3 Å². The number of carbonyl (C=O) groups excluding carboxylic acids is 4. The molecule has 22 nitrogen and oxygen atoms in total. The smallest absolute Gasteiger partial charge is 0.359 e. The number of aromatic nitrogens is 6. The van der Waals surface area contributed by atoms with Crippen molar-refractivity contribution < 1.29 is 47.6 Å². The number of nitrogens with one attached hydrogen (secondary N) is 2. The van der Waals surface area contributed by atoms with E-state index >= 15 is 0 Å². The molecule has 1 atom stereocenters. The molecule has 4 heterocycles. The van der Waals surface area contributed by atoms with Crippen molar-refractivity contribution in [2.45, 2.75) is 12.2 Å². The van der Waals surface area contributed by atoms with Gasteiger partial charge >= 0.3 is 11.9 Å². The average Bonchev–Trinajstić information content (AvgIpc) is 3.28. The predicted molar refractivity (Wildman–Crippen MR) is 220 cm³/mol. The van der Waals surface area contributed by atoms with Crippen LogP contribution in [0, 0.1) is 16.7 Å². The van der Waals surface area contributed by atoms with Crippen LogP contribution >= 0.6 is 24.8 Å². The fourth-order valence-corrected chi connectivity index (χ4v) is 4.01. The van der Waals surface area contributed by atoms with Gasteiger partial charge in [0.25, 0.3) is 24.0 Å². The summed E-state index contributed by atoms with van der Waals surface area (Å²) < 4.78 is 29.8. The maximum absolute atomic E-state index is 12.2. The second kappa shape index (κ2) is 28.5. The maximum Gasteiger partial charge on any atom is 0.359 e. The predicted octanol–water partition coefficient (Wildman–Crippen LogP) is 2.24.